The Hall–Kier alpha value is -3.73. The predicted octanol–water partition coefficient (Wildman–Crippen LogP) is 6.62. The van der Waals surface area contributed by atoms with Crippen molar-refractivity contribution in [2.24, 2.45) is 5.73 Å². The molecular formula is C34H39ClF5N3O7S. The molecule has 1 amide bonds. The first-order valence-corrected chi connectivity index (χ1v) is 18.1. The molecule has 3 aromatic rings. The molecule has 3 aromatic carbocycles. The lowest BCUT2D eigenvalue weighted by atomic mass is 9.98. The van der Waals surface area contributed by atoms with Crippen molar-refractivity contribution < 1.29 is 54.5 Å². The maximum absolute atomic E-state index is 16.4. The van der Waals surface area contributed by atoms with Gasteiger partial charge >= 0.3 is 12.1 Å². The molecule has 1 saturated heterocycles. The van der Waals surface area contributed by atoms with E-state index in [9.17, 15) is 26.4 Å². The van der Waals surface area contributed by atoms with E-state index >= 15 is 8.78 Å². The topological polar surface area (TPSA) is 148 Å². The zero-order valence-corrected chi connectivity index (χ0v) is 29.3. The largest absolute Gasteiger partial charge is 0.490 e. The molecule has 0 spiro atoms. The molecule has 0 bridgehead atoms. The molecule has 1 heterocycles. The maximum atomic E-state index is 16.4. The fraction of sp³-hybridized carbons (Fsp3) is 0.471. The maximum Gasteiger partial charge on any atom is 0.490 e. The number of carbonyl (C=O) groups excluding carboxylic acids is 1. The van der Waals surface area contributed by atoms with Crippen molar-refractivity contribution in [3.63, 3.8) is 0 Å². The number of benzene rings is 3. The minimum Gasteiger partial charge on any atom is -0.490 e. The monoisotopic (exact) mass is 763 g/mol. The zero-order chi connectivity index (χ0) is 37.7. The lowest BCUT2D eigenvalue weighted by molar-refractivity contribution is -0.192. The van der Waals surface area contributed by atoms with Gasteiger partial charge in [-0.05, 0) is 99.5 Å². The first-order valence-electron chi connectivity index (χ1n) is 16.2. The Morgan fingerprint density at radius 3 is 2.12 bits per heavy atom. The second-order valence-corrected chi connectivity index (χ2v) is 14.8. The molecule has 10 nitrogen and oxygen atoms in total. The van der Waals surface area contributed by atoms with Crippen LogP contribution in [0.5, 0.6) is 11.5 Å². The van der Waals surface area contributed by atoms with Gasteiger partial charge in [-0.1, -0.05) is 29.8 Å². The van der Waals surface area contributed by atoms with Crippen LogP contribution in [-0.2, 0) is 25.5 Å². The van der Waals surface area contributed by atoms with Gasteiger partial charge < -0.3 is 25.2 Å². The van der Waals surface area contributed by atoms with Gasteiger partial charge in [0.1, 0.15) is 11.5 Å². The first kappa shape index (κ1) is 40.0. The smallest absolute Gasteiger partial charge is 0.490 e. The van der Waals surface area contributed by atoms with Crippen LogP contribution in [0, 0.1) is 0 Å². The highest BCUT2D eigenvalue weighted by Gasteiger charge is 2.50. The number of amides is 1. The van der Waals surface area contributed by atoms with Crippen LogP contribution in [0.3, 0.4) is 0 Å². The number of halogens is 6. The van der Waals surface area contributed by atoms with Crippen molar-refractivity contribution in [3.05, 3.63) is 65.2 Å². The van der Waals surface area contributed by atoms with E-state index in [-0.39, 0.29) is 47.0 Å². The van der Waals surface area contributed by atoms with E-state index in [0.29, 0.717) is 24.0 Å². The van der Waals surface area contributed by atoms with Gasteiger partial charge in [-0.2, -0.15) is 26.7 Å². The SMILES string of the molecule is CC(C)Oc1cc(C(F)(F)[C@H](NS(=O)(=O)c2ccc3cc(OC4CCCC4)ccc3c2)C(=O)N2CCC(N)CC2)ccc1Cl.O=C(O)C(F)(F)F. The van der Waals surface area contributed by atoms with E-state index in [0.717, 1.165) is 43.2 Å². The van der Waals surface area contributed by atoms with Gasteiger partial charge in [0.2, 0.25) is 15.9 Å². The summed E-state index contributed by atoms with van der Waals surface area (Å²) in [6.45, 7) is 3.71. The average molecular weight is 764 g/mol. The summed E-state index contributed by atoms with van der Waals surface area (Å²) in [6.07, 6.45) is -0.186. The van der Waals surface area contributed by atoms with Gasteiger partial charge in [0, 0.05) is 24.7 Å². The number of piperidine rings is 1. The molecule has 4 N–H and O–H groups in total. The highest BCUT2D eigenvalue weighted by molar-refractivity contribution is 7.89. The van der Waals surface area contributed by atoms with Crippen molar-refractivity contribution in [3.8, 4) is 11.5 Å². The molecule has 1 aliphatic heterocycles. The van der Waals surface area contributed by atoms with Crippen molar-refractivity contribution in [2.75, 3.05) is 13.1 Å². The molecule has 1 saturated carbocycles. The second kappa shape index (κ2) is 16.3. The number of likely N-dealkylation sites (tertiary alicyclic amines) is 1. The molecule has 2 fully saturated rings. The lowest BCUT2D eigenvalue weighted by Crippen LogP contribution is -2.58. The zero-order valence-electron chi connectivity index (χ0n) is 27.8. The van der Waals surface area contributed by atoms with E-state index in [4.69, 9.17) is 36.7 Å². The number of fused-ring (bicyclic) bond motifs is 1. The van der Waals surface area contributed by atoms with Gasteiger partial charge in [-0.15, -0.1) is 0 Å². The molecule has 1 aliphatic carbocycles. The number of carboxylic acid groups (broad SMARTS) is 1. The minimum absolute atomic E-state index is 0.00246. The van der Waals surface area contributed by atoms with Crippen molar-refractivity contribution in [1.29, 1.82) is 0 Å². The first-order chi connectivity index (χ1) is 23.8. The number of nitrogens with one attached hydrogen (secondary N) is 1. The van der Waals surface area contributed by atoms with Crippen LogP contribution >= 0.6 is 11.6 Å². The van der Waals surface area contributed by atoms with Crippen LogP contribution in [0.4, 0.5) is 22.0 Å². The Morgan fingerprint density at radius 2 is 1.53 bits per heavy atom. The Morgan fingerprint density at radius 1 is 0.941 bits per heavy atom. The fourth-order valence-corrected chi connectivity index (χ4v) is 7.05. The van der Waals surface area contributed by atoms with Crippen molar-refractivity contribution in [1.82, 2.24) is 9.62 Å². The number of sulfonamides is 1. The summed E-state index contributed by atoms with van der Waals surface area (Å²) < 4.78 is 105. The van der Waals surface area contributed by atoms with Crippen LogP contribution < -0.4 is 19.9 Å². The van der Waals surface area contributed by atoms with Crippen LogP contribution in [-0.4, -0.2) is 73.9 Å². The number of alkyl halides is 5. The normalized spacial score (nSPS) is 16.9. The lowest BCUT2D eigenvalue weighted by Gasteiger charge is -2.35. The highest BCUT2D eigenvalue weighted by atomic mass is 35.5. The van der Waals surface area contributed by atoms with E-state index in [2.05, 4.69) is 4.72 Å². The molecule has 0 radical (unpaired) electrons. The summed E-state index contributed by atoms with van der Waals surface area (Å²) in [5, 5.41) is 8.56. The number of nitrogens with two attached hydrogens (primary N) is 1. The quantitative estimate of drug-likeness (QED) is 0.195. The fourth-order valence-electron chi connectivity index (χ4n) is 5.67. The molecule has 1 atom stereocenters. The predicted molar refractivity (Wildman–Crippen MR) is 180 cm³/mol. The Kier molecular flexibility index (Phi) is 12.8. The summed E-state index contributed by atoms with van der Waals surface area (Å²) in [4.78, 5) is 23.5. The number of carbonyl (C=O) groups is 2. The van der Waals surface area contributed by atoms with E-state index in [1.807, 2.05) is 6.07 Å². The van der Waals surface area contributed by atoms with Crippen LogP contribution in [0.2, 0.25) is 5.02 Å². The van der Waals surface area contributed by atoms with Gasteiger partial charge in [-0.25, -0.2) is 13.2 Å². The Labute approximate surface area is 297 Å². The van der Waals surface area contributed by atoms with E-state index in [1.54, 1.807) is 32.0 Å². The average Bonchev–Trinajstić information content (AvgIpc) is 3.57. The number of hydrogen-bond donors (Lipinski definition) is 3. The third-order valence-corrected chi connectivity index (χ3v) is 10.1. The Balaban J connectivity index is 0.000000755. The molecular weight excluding hydrogens is 725 g/mol. The number of hydrogen-bond acceptors (Lipinski definition) is 7. The summed E-state index contributed by atoms with van der Waals surface area (Å²) in [7, 11) is -4.59. The standard InChI is InChI=1S/C32H38ClF2N3O5S.C2HF3O2/c1-20(2)42-29-19-23(9-12-28(29)33)32(34,35)30(31(39)38-15-13-24(36)14-16-38)37-44(40,41)27-11-8-21-17-26(10-7-22(21)18-27)43-25-5-3-4-6-25;3-2(4,5)1(6)7/h7-12,17-20,24-25,30,37H,3-6,13-16,36H2,1-2H3;(H,6,7)/t30-;/m1./s1. The third kappa shape index (κ3) is 10.4. The molecule has 2 aliphatic rings. The molecule has 280 valence electrons. The van der Waals surface area contributed by atoms with Crippen LogP contribution in [0.15, 0.2) is 59.5 Å². The highest BCUT2D eigenvalue weighted by Crippen LogP contribution is 2.39. The summed E-state index contributed by atoms with van der Waals surface area (Å²) in [6, 6.07) is 10.4. The van der Waals surface area contributed by atoms with Crippen LogP contribution in [0.1, 0.15) is 57.9 Å². The molecule has 0 unspecified atom stereocenters. The molecule has 51 heavy (non-hydrogen) atoms. The molecule has 5 rings (SSSR count). The summed E-state index contributed by atoms with van der Waals surface area (Å²) >= 11 is 6.18. The van der Waals surface area contributed by atoms with Crippen molar-refractivity contribution in [2.45, 2.75) is 93.7 Å². The van der Waals surface area contributed by atoms with Gasteiger partial charge in [0.05, 0.1) is 22.1 Å². The summed E-state index contributed by atoms with van der Waals surface area (Å²) in [5.41, 5.74) is 5.35. The van der Waals surface area contributed by atoms with Crippen molar-refractivity contribution >= 4 is 44.3 Å². The third-order valence-electron chi connectivity index (χ3n) is 8.35. The van der Waals surface area contributed by atoms with Gasteiger partial charge in [0.25, 0.3) is 5.92 Å². The van der Waals surface area contributed by atoms with Crippen LogP contribution in [0.25, 0.3) is 10.8 Å². The van der Waals surface area contributed by atoms with Gasteiger partial charge in [-0.3, -0.25) is 4.79 Å². The number of nitrogens with zero attached hydrogens (tertiary/aromatic N) is 1. The number of aliphatic carboxylic acids is 1. The Bertz CT molecular complexity index is 1810. The molecule has 0 aromatic heterocycles. The van der Waals surface area contributed by atoms with Gasteiger partial charge in [0.15, 0.2) is 6.04 Å². The second-order valence-electron chi connectivity index (χ2n) is 12.6. The summed E-state index contributed by atoms with van der Waals surface area (Å²) in [5.74, 6) is -7.07. The minimum atomic E-state index is -5.08. The number of carboxylic acids is 1. The van der Waals surface area contributed by atoms with E-state index in [1.165, 1.54) is 23.1 Å². The molecule has 17 heteroatoms. The number of ether oxygens (including phenoxy) is 2. The number of rotatable bonds is 10. The van der Waals surface area contributed by atoms with E-state index < -0.39 is 45.6 Å².